The van der Waals surface area contributed by atoms with E-state index in [9.17, 15) is 9.90 Å². The molecule has 7 heteroatoms. The second-order valence-electron chi connectivity index (χ2n) is 6.75. The summed E-state index contributed by atoms with van der Waals surface area (Å²) >= 11 is 12.2. The van der Waals surface area contributed by atoms with Gasteiger partial charge < -0.3 is 19.5 Å². The summed E-state index contributed by atoms with van der Waals surface area (Å²) in [6.07, 6.45) is 1.27. The lowest BCUT2D eigenvalue weighted by atomic mass is 9.90. The topological polar surface area (TPSA) is 59.0 Å². The first-order valence-corrected chi connectivity index (χ1v) is 9.84. The number of hydrogen-bond donors (Lipinski definition) is 1. The molecular formula is C21H23Cl2NO4. The fourth-order valence-corrected chi connectivity index (χ4v) is 4.13. The Hall–Kier alpha value is -1.95. The Morgan fingerprint density at radius 2 is 1.79 bits per heavy atom. The highest BCUT2D eigenvalue weighted by atomic mass is 35.5. The molecule has 150 valence electrons. The molecule has 1 aliphatic rings. The van der Waals surface area contributed by atoms with Gasteiger partial charge in [0.2, 0.25) is 0 Å². The molecule has 1 saturated heterocycles. The molecule has 1 amide bonds. The lowest BCUT2D eigenvalue weighted by Gasteiger charge is -2.28. The molecule has 0 aliphatic carbocycles. The number of carbonyl (C=O) groups excluding carboxylic acids is 1. The first-order chi connectivity index (χ1) is 13.5. The van der Waals surface area contributed by atoms with E-state index in [0.717, 1.165) is 12.0 Å². The van der Waals surface area contributed by atoms with Crippen LogP contribution in [0, 0.1) is 0 Å². The van der Waals surface area contributed by atoms with E-state index in [-0.39, 0.29) is 24.5 Å². The maximum Gasteiger partial charge on any atom is 0.254 e. The van der Waals surface area contributed by atoms with Gasteiger partial charge in [0.05, 0.1) is 24.3 Å². The minimum Gasteiger partial charge on any atom is -0.497 e. The molecule has 1 N–H and O–H groups in total. The molecule has 2 atom stereocenters. The Balaban J connectivity index is 1.91. The van der Waals surface area contributed by atoms with Crippen molar-refractivity contribution in [1.82, 2.24) is 4.90 Å². The number of rotatable bonds is 6. The van der Waals surface area contributed by atoms with E-state index in [2.05, 4.69) is 0 Å². The Morgan fingerprint density at radius 3 is 2.36 bits per heavy atom. The highest BCUT2D eigenvalue weighted by molar-refractivity contribution is 6.42. The zero-order valence-electron chi connectivity index (χ0n) is 15.8. The number of halogens is 2. The lowest BCUT2D eigenvalue weighted by Crippen LogP contribution is -2.38. The van der Waals surface area contributed by atoms with Crippen LogP contribution in [0.25, 0.3) is 0 Å². The number of benzene rings is 2. The maximum absolute atomic E-state index is 13.3. The molecule has 0 aromatic heterocycles. The zero-order chi connectivity index (χ0) is 20.3. The van der Waals surface area contributed by atoms with Crippen molar-refractivity contribution in [1.29, 1.82) is 0 Å². The van der Waals surface area contributed by atoms with Crippen molar-refractivity contribution in [2.75, 3.05) is 27.4 Å². The van der Waals surface area contributed by atoms with Crippen molar-refractivity contribution >= 4 is 29.1 Å². The molecule has 5 nitrogen and oxygen atoms in total. The van der Waals surface area contributed by atoms with Gasteiger partial charge >= 0.3 is 0 Å². The highest BCUT2D eigenvalue weighted by Gasteiger charge is 2.38. The summed E-state index contributed by atoms with van der Waals surface area (Å²) in [5.41, 5.74) is 1.51. The van der Waals surface area contributed by atoms with Crippen molar-refractivity contribution in [2.24, 2.45) is 0 Å². The van der Waals surface area contributed by atoms with Gasteiger partial charge in [-0.15, -0.1) is 0 Å². The van der Waals surface area contributed by atoms with Crippen LogP contribution in [-0.2, 0) is 0 Å². The van der Waals surface area contributed by atoms with E-state index >= 15 is 0 Å². The van der Waals surface area contributed by atoms with Gasteiger partial charge in [0.1, 0.15) is 11.5 Å². The van der Waals surface area contributed by atoms with Gasteiger partial charge in [-0.3, -0.25) is 4.79 Å². The second-order valence-corrected chi connectivity index (χ2v) is 7.56. The zero-order valence-corrected chi connectivity index (χ0v) is 17.3. The predicted octanol–water partition coefficient (Wildman–Crippen LogP) is 4.39. The van der Waals surface area contributed by atoms with Gasteiger partial charge in [0.15, 0.2) is 0 Å². The molecular weight excluding hydrogens is 401 g/mol. The first-order valence-electron chi connectivity index (χ1n) is 9.08. The summed E-state index contributed by atoms with van der Waals surface area (Å²) in [4.78, 5) is 15.1. The minimum atomic E-state index is -0.132. The number of methoxy groups -OCH3 is 2. The minimum absolute atomic E-state index is 0.00625. The quantitative estimate of drug-likeness (QED) is 0.747. The third kappa shape index (κ3) is 4.22. The summed E-state index contributed by atoms with van der Waals surface area (Å²) in [5, 5.41) is 10.6. The van der Waals surface area contributed by atoms with Gasteiger partial charge in [-0.05, 0) is 42.7 Å². The maximum atomic E-state index is 13.3. The monoisotopic (exact) mass is 423 g/mol. The summed E-state index contributed by atoms with van der Waals surface area (Å²) < 4.78 is 10.6. The Kier molecular flexibility index (Phi) is 6.70. The normalized spacial score (nSPS) is 19.0. The number of aliphatic hydroxyl groups is 1. The SMILES string of the molecule is COc1cc(OC)cc(C(=O)N2CCC(c3ccc(Cl)c(Cl)c3)C2CCO)c1. The van der Waals surface area contributed by atoms with Gasteiger partial charge in [-0.2, -0.15) is 0 Å². The van der Waals surface area contributed by atoms with Crippen molar-refractivity contribution in [2.45, 2.75) is 24.8 Å². The summed E-state index contributed by atoms with van der Waals surface area (Å²) in [5.74, 6) is 1.08. The molecule has 2 aromatic rings. The molecule has 3 rings (SSSR count). The van der Waals surface area contributed by atoms with E-state index in [1.807, 2.05) is 17.0 Å². The second kappa shape index (κ2) is 9.03. The van der Waals surface area contributed by atoms with Crippen LogP contribution in [0.4, 0.5) is 0 Å². The third-order valence-corrected chi connectivity index (χ3v) is 5.94. The molecule has 0 radical (unpaired) electrons. The van der Waals surface area contributed by atoms with Crippen LogP contribution in [0.5, 0.6) is 11.5 Å². The Labute approximate surface area is 174 Å². The van der Waals surface area contributed by atoms with Crippen molar-refractivity contribution in [3.05, 3.63) is 57.6 Å². The van der Waals surface area contributed by atoms with Crippen molar-refractivity contribution in [3.63, 3.8) is 0 Å². The lowest BCUT2D eigenvalue weighted by molar-refractivity contribution is 0.0707. The van der Waals surface area contributed by atoms with E-state index in [1.165, 1.54) is 0 Å². The molecule has 2 aromatic carbocycles. The van der Waals surface area contributed by atoms with Crippen LogP contribution in [0.3, 0.4) is 0 Å². The van der Waals surface area contributed by atoms with E-state index in [0.29, 0.717) is 40.1 Å². The average Bonchev–Trinajstić information content (AvgIpc) is 3.12. The number of likely N-dealkylation sites (tertiary alicyclic amines) is 1. The largest absolute Gasteiger partial charge is 0.497 e. The molecule has 1 aliphatic heterocycles. The van der Waals surface area contributed by atoms with Crippen LogP contribution in [0.2, 0.25) is 10.0 Å². The molecule has 1 heterocycles. The van der Waals surface area contributed by atoms with Crippen LogP contribution in [0.15, 0.2) is 36.4 Å². The Bertz CT molecular complexity index is 836. The molecule has 0 spiro atoms. The average molecular weight is 424 g/mol. The third-order valence-electron chi connectivity index (χ3n) is 5.20. The molecule has 2 unspecified atom stereocenters. The summed E-state index contributed by atoms with van der Waals surface area (Å²) in [7, 11) is 3.10. The number of nitrogens with zero attached hydrogens (tertiary/aromatic N) is 1. The molecule has 0 bridgehead atoms. The van der Waals surface area contributed by atoms with Crippen LogP contribution < -0.4 is 9.47 Å². The van der Waals surface area contributed by atoms with E-state index in [1.54, 1.807) is 38.5 Å². The van der Waals surface area contributed by atoms with Crippen molar-refractivity contribution < 1.29 is 19.4 Å². The summed E-state index contributed by atoms with van der Waals surface area (Å²) in [6, 6.07) is 10.6. The van der Waals surface area contributed by atoms with Crippen molar-refractivity contribution in [3.8, 4) is 11.5 Å². The fraction of sp³-hybridized carbons (Fsp3) is 0.381. The van der Waals surface area contributed by atoms with Crippen LogP contribution >= 0.6 is 23.2 Å². The van der Waals surface area contributed by atoms with Gasteiger partial charge in [0, 0.05) is 36.7 Å². The number of ether oxygens (including phenoxy) is 2. The van der Waals surface area contributed by atoms with Crippen LogP contribution in [0.1, 0.15) is 34.7 Å². The molecule has 1 fully saturated rings. The molecule has 28 heavy (non-hydrogen) atoms. The smallest absolute Gasteiger partial charge is 0.254 e. The standard InChI is InChI=1S/C21H23Cl2NO4/c1-27-15-9-14(10-16(12-15)28-2)21(26)24-7-5-17(20(24)6-8-25)13-3-4-18(22)19(23)11-13/h3-4,9-12,17,20,25H,5-8H2,1-2H3. The van der Waals surface area contributed by atoms with Crippen LogP contribution in [-0.4, -0.2) is 49.3 Å². The molecule has 0 saturated carbocycles. The highest BCUT2D eigenvalue weighted by Crippen LogP contribution is 2.38. The number of aliphatic hydroxyl groups excluding tert-OH is 1. The summed E-state index contributed by atoms with van der Waals surface area (Å²) in [6.45, 7) is 0.585. The number of carbonyl (C=O) groups is 1. The predicted molar refractivity (Wildman–Crippen MR) is 110 cm³/mol. The van der Waals surface area contributed by atoms with Gasteiger partial charge in [-0.25, -0.2) is 0 Å². The van der Waals surface area contributed by atoms with E-state index < -0.39 is 0 Å². The number of hydrogen-bond acceptors (Lipinski definition) is 4. The van der Waals surface area contributed by atoms with Gasteiger partial charge in [0.25, 0.3) is 5.91 Å². The van der Waals surface area contributed by atoms with E-state index in [4.69, 9.17) is 32.7 Å². The number of amides is 1. The Morgan fingerprint density at radius 1 is 1.11 bits per heavy atom. The first kappa shape index (κ1) is 20.8. The van der Waals surface area contributed by atoms with Gasteiger partial charge in [-0.1, -0.05) is 29.3 Å². The fourth-order valence-electron chi connectivity index (χ4n) is 3.82.